The Kier molecular flexibility index (Phi) is 10.8. The van der Waals surface area contributed by atoms with Gasteiger partial charge in [0.15, 0.2) is 5.60 Å². The predicted molar refractivity (Wildman–Crippen MR) is 172 cm³/mol. The smallest absolute Gasteiger partial charge is 0.417 e. The predicted octanol–water partition coefficient (Wildman–Crippen LogP) is 6.89. The SMILES string of the molecule is CCN(C(=O)c1cc2c(cc1C(F)(F)F)OC(C)(C)C(=O)N2CCCCOC)[C@@H]1CN(C(=O)OC(C)(C)C)CC[C@@H]1c1ccccc1. The monoisotopic (exact) mass is 661 g/mol. The molecule has 0 radical (unpaired) electrons. The number of fused-ring (bicyclic) bond motifs is 1. The number of amides is 3. The first kappa shape index (κ1) is 36.0. The first-order valence-corrected chi connectivity index (χ1v) is 16.1. The number of methoxy groups -OCH3 is 1. The Labute approximate surface area is 274 Å². The number of hydrogen-bond donors (Lipinski definition) is 0. The third-order valence-electron chi connectivity index (χ3n) is 8.49. The summed E-state index contributed by atoms with van der Waals surface area (Å²) in [7, 11) is 1.57. The molecule has 2 aliphatic rings. The van der Waals surface area contributed by atoms with E-state index in [0.717, 1.165) is 17.7 Å². The highest BCUT2D eigenvalue weighted by Gasteiger charge is 2.46. The van der Waals surface area contributed by atoms with Crippen molar-refractivity contribution in [1.29, 1.82) is 0 Å². The van der Waals surface area contributed by atoms with Crippen molar-refractivity contribution in [2.24, 2.45) is 0 Å². The van der Waals surface area contributed by atoms with Crippen molar-refractivity contribution in [3.8, 4) is 5.75 Å². The maximum Gasteiger partial charge on any atom is 0.417 e. The first-order valence-electron chi connectivity index (χ1n) is 16.1. The molecule has 0 N–H and O–H groups in total. The number of likely N-dealkylation sites (N-methyl/N-ethyl adjacent to an activating group) is 1. The fraction of sp³-hybridized carbons (Fsp3) is 0.571. The molecule has 1 saturated heterocycles. The average molecular weight is 662 g/mol. The van der Waals surface area contributed by atoms with Gasteiger partial charge in [0, 0.05) is 45.8 Å². The average Bonchev–Trinajstić information content (AvgIpc) is 2.99. The molecule has 0 bridgehead atoms. The lowest BCUT2D eigenvalue weighted by atomic mass is 9.84. The van der Waals surface area contributed by atoms with Gasteiger partial charge in [0.05, 0.1) is 22.9 Å². The number of alkyl halides is 3. The van der Waals surface area contributed by atoms with Gasteiger partial charge in [-0.3, -0.25) is 9.59 Å². The summed E-state index contributed by atoms with van der Waals surface area (Å²) in [4.78, 5) is 45.4. The molecule has 0 saturated carbocycles. The highest BCUT2D eigenvalue weighted by atomic mass is 19.4. The minimum absolute atomic E-state index is 0.0712. The van der Waals surface area contributed by atoms with Gasteiger partial charge in [0.25, 0.3) is 11.8 Å². The highest BCUT2D eigenvalue weighted by molar-refractivity contribution is 6.05. The molecule has 2 heterocycles. The van der Waals surface area contributed by atoms with Gasteiger partial charge >= 0.3 is 12.3 Å². The number of anilines is 1. The molecule has 0 spiro atoms. The fourth-order valence-electron chi connectivity index (χ4n) is 6.28. The standard InChI is InChI=1S/C35H46F3N3O6/c1-8-40(28-22-39(32(44)47-33(2,3)4)18-16-24(28)23-14-10-9-11-15-23)30(42)25-20-27-29(21-26(25)35(36,37)38)46-34(5,6)31(43)41(27)17-12-13-19-45-7/h9-11,14-15,20-21,24,28H,8,12-13,16-19,22H2,1-7H3/t24-,28-/m1/s1. The van der Waals surface area contributed by atoms with E-state index in [-0.39, 0.29) is 37.0 Å². The van der Waals surface area contributed by atoms with Crippen LogP contribution in [0.4, 0.5) is 23.7 Å². The van der Waals surface area contributed by atoms with Crippen LogP contribution >= 0.6 is 0 Å². The molecule has 1 fully saturated rings. The minimum atomic E-state index is -4.90. The van der Waals surface area contributed by atoms with Crippen LogP contribution in [-0.2, 0) is 20.4 Å². The van der Waals surface area contributed by atoms with Gasteiger partial charge in [-0.2, -0.15) is 13.2 Å². The van der Waals surface area contributed by atoms with Gasteiger partial charge in [-0.25, -0.2) is 4.79 Å². The molecule has 0 aliphatic carbocycles. The van der Waals surface area contributed by atoms with Crippen molar-refractivity contribution in [3.05, 3.63) is 59.2 Å². The minimum Gasteiger partial charge on any atom is -0.476 e. The zero-order valence-corrected chi connectivity index (χ0v) is 28.3. The second-order valence-electron chi connectivity index (χ2n) is 13.5. The van der Waals surface area contributed by atoms with E-state index in [9.17, 15) is 27.6 Å². The van der Waals surface area contributed by atoms with Gasteiger partial charge in [-0.1, -0.05) is 30.3 Å². The van der Waals surface area contributed by atoms with Gasteiger partial charge in [-0.05, 0) is 78.5 Å². The third kappa shape index (κ3) is 8.20. The van der Waals surface area contributed by atoms with Crippen molar-refractivity contribution in [3.63, 3.8) is 0 Å². The molecule has 4 rings (SSSR count). The molecule has 47 heavy (non-hydrogen) atoms. The van der Waals surface area contributed by atoms with E-state index >= 15 is 0 Å². The summed E-state index contributed by atoms with van der Waals surface area (Å²) < 4.78 is 60.7. The number of carbonyl (C=O) groups excluding carboxylic acids is 3. The summed E-state index contributed by atoms with van der Waals surface area (Å²) in [5, 5.41) is 0. The number of halogens is 3. The summed E-state index contributed by atoms with van der Waals surface area (Å²) in [5.74, 6) is -1.65. The lowest BCUT2D eigenvalue weighted by Gasteiger charge is -2.44. The number of rotatable bonds is 9. The van der Waals surface area contributed by atoms with Crippen molar-refractivity contribution in [1.82, 2.24) is 9.80 Å². The highest BCUT2D eigenvalue weighted by Crippen LogP contribution is 2.45. The molecule has 2 atom stereocenters. The van der Waals surface area contributed by atoms with Crippen molar-refractivity contribution < 1.29 is 41.8 Å². The Morgan fingerprint density at radius 3 is 2.36 bits per heavy atom. The van der Waals surface area contributed by atoms with Crippen molar-refractivity contribution in [2.45, 2.75) is 90.1 Å². The Balaban J connectivity index is 1.80. The third-order valence-corrected chi connectivity index (χ3v) is 8.49. The van der Waals surface area contributed by atoms with Crippen molar-refractivity contribution in [2.75, 3.05) is 44.8 Å². The molecule has 3 amide bonds. The van der Waals surface area contributed by atoms with Crippen LogP contribution in [0, 0.1) is 0 Å². The van der Waals surface area contributed by atoms with E-state index < -0.39 is 52.5 Å². The second kappa shape index (κ2) is 14.1. The second-order valence-corrected chi connectivity index (χ2v) is 13.5. The number of carbonyl (C=O) groups is 3. The van der Waals surface area contributed by atoms with Crippen LogP contribution in [0.2, 0.25) is 0 Å². The molecular formula is C35H46F3N3O6. The van der Waals surface area contributed by atoms with E-state index in [1.165, 1.54) is 28.5 Å². The van der Waals surface area contributed by atoms with E-state index in [0.29, 0.717) is 32.4 Å². The number of ether oxygens (including phenoxy) is 3. The number of piperidine rings is 1. The number of unbranched alkanes of at least 4 members (excludes halogenated alkanes) is 1. The number of likely N-dealkylation sites (tertiary alicyclic amines) is 1. The summed E-state index contributed by atoms with van der Waals surface area (Å²) in [6.07, 6.45) is -3.82. The Morgan fingerprint density at radius 2 is 1.77 bits per heavy atom. The number of hydrogen-bond acceptors (Lipinski definition) is 6. The lowest BCUT2D eigenvalue weighted by molar-refractivity contribution is -0.138. The fourth-order valence-corrected chi connectivity index (χ4v) is 6.28. The molecule has 0 aromatic heterocycles. The van der Waals surface area contributed by atoms with Gasteiger partial charge in [0.2, 0.25) is 0 Å². The Hall–Kier alpha value is -3.80. The molecular weight excluding hydrogens is 615 g/mol. The molecule has 2 aromatic rings. The molecule has 0 unspecified atom stereocenters. The van der Waals surface area contributed by atoms with Crippen LogP contribution in [0.25, 0.3) is 0 Å². The van der Waals surface area contributed by atoms with E-state index in [4.69, 9.17) is 14.2 Å². The van der Waals surface area contributed by atoms with Crippen LogP contribution < -0.4 is 9.64 Å². The summed E-state index contributed by atoms with van der Waals surface area (Å²) in [6.45, 7) is 11.2. The van der Waals surface area contributed by atoms with Crippen LogP contribution in [0.15, 0.2) is 42.5 Å². The Morgan fingerprint density at radius 1 is 1.09 bits per heavy atom. The first-order chi connectivity index (χ1) is 22.0. The van der Waals surface area contributed by atoms with Gasteiger partial charge in [0.1, 0.15) is 11.4 Å². The number of benzene rings is 2. The van der Waals surface area contributed by atoms with Crippen LogP contribution in [-0.4, -0.2) is 84.8 Å². The van der Waals surface area contributed by atoms with Gasteiger partial charge < -0.3 is 28.9 Å². The largest absolute Gasteiger partial charge is 0.476 e. The quantitative estimate of drug-likeness (QED) is 0.272. The maximum atomic E-state index is 14.7. The molecule has 2 aliphatic heterocycles. The van der Waals surface area contributed by atoms with Crippen LogP contribution in [0.3, 0.4) is 0 Å². The molecule has 2 aromatic carbocycles. The topological polar surface area (TPSA) is 88.6 Å². The Bertz CT molecular complexity index is 1440. The molecule has 258 valence electrons. The van der Waals surface area contributed by atoms with Gasteiger partial charge in [-0.15, -0.1) is 0 Å². The maximum absolute atomic E-state index is 14.7. The van der Waals surface area contributed by atoms with Crippen LogP contribution in [0.5, 0.6) is 5.75 Å². The van der Waals surface area contributed by atoms with E-state index in [1.807, 2.05) is 30.3 Å². The molecule has 12 heteroatoms. The van der Waals surface area contributed by atoms with E-state index in [1.54, 1.807) is 34.8 Å². The zero-order valence-electron chi connectivity index (χ0n) is 28.3. The molecule has 9 nitrogen and oxygen atoms in total. The van der Waals surface area contributed by atoms with E-state index in [2.05, 4.69) is 0 Å². The summed E-state index contributed by atoms with van der Waals surface area (Å²) >= 11 is 0. The summed E-state index contributed by atoms with van der Waals surface area (Å²) in [5.41, 5.74) is -2.88. The zero-order chi connectivity index (χ0) is 34.7. The van der Waals surface area contributed by atoms with Crippen molar-refractivity contribution >= 4 is 23.6 Å². The lowest BCUT2D eigenvalue weighted by Crippen LogP contribution is -2.56. The number of nitrogens with zero attached hydrogens (tertiary/aromatic N) is 3. The summed E-state index contributed by atoms with van der Waals surface area (Å²) in [6, 6.07) is 10.8. The van der Waals surface area contributed by atoms with Crippen LogP contribution in [0.1, 0.15) is 88.2 Å². The normalized spacial score (nSPS) is 19.6.